The van der Waals surface area contributed by atoms with Crippen molar-refractivity contribution in [2.24, 2.45) is 0 Å². The molecule has 0 heterocycles. The summed E-state index contributed by atoms with van der Waals surface area (Å²) in [5.41, 5.74) is 2.18. The molecule has 0 unspecified atom stereocenters. The number of ketones is 2. The fourth-order valence-corrected chi connectivity index (χ4v) is 2.36. The molecular weight excluding hydrogens is 224 g/mol. The van der Waals surface area contributed by atoms with Gasteiger partial charge in [0, 0.05) is 22.3 Å². The van der Waals surface area contributed by atoms with Crippen molar-refractivity contribution in [1.82, 2.24) is 0 Å². The first-order valence-electron chi connectivity index (χ1n) is 5.89. The van der Waals surface area contributed by atoms with Crippen LogP contribution >= 0.6 is 0 Å². The molecule has 0 aromatic heterocycles. The third-order valence-corrected chi connectivity index (χ3v) is 3.62. The molecule has 2 aromatic carbocycles. The Labute approximate surface area is 105 Å². The van der Waals surface area contributed by atoms with Gasteiger partial charge in [0.25, 0.3) is 0 Å². The molecule has 0 aliphatic heterocycles. The molecule has 1 aliphatic carbocycles. The molecule has 0 saturated carbocycles. The van der Waals surface area contributed by atoms with Crippen LogP contribution in [0.5, 0.6) is 0 Å². The first-order chi connectivity index (χ1) is 8.59. The van der Waals surface area contributed by atoms with E-state index in [0.29, 0.717) is 22.3 Å². The quantitative estimate of drug-likeness (QED) is 0.701. The lowest BCUT2D eigenvalue weighted by Gasteiger charge is -2.17. The molecule has 2 aromatic rings. The highest BCUT2D eigenvalue weighted by molar-refractivity contribution is 6.27. The molecule has 0 radical (unpaired) electrons. The van der Waals surface area contributed by atoms with Gasteiger partial charge in [-0.15, -0.1) is 0 Å². The number of rotatable bonds is 0. The average molecular weight is 236 g/mol. The van der Waals surface area contributed by atoms with E-state index in [-0.39, 0.29) is 11.6 Å². The van der Waals surface area contributed by atoms with Crippen LogP contribution in [0.4, 0.5) is 0 Å². The van der Waals surface area contributed by atoms with E-state index in [2.05, 4.69) is 0 Å². The third kappa shape index (κ3) is 1.35. The second-order valence-corrected chi connectivity index (χ2v) is 4.65. The van der Waals surface area contributed by atoms with E-state index in [1.807, 2.05) is 36.4 Å². The van der Waals surface area contributed by atoms with Crippen molar-refractivity contribution in [1.29, 1.82) is 0 Å². The van der Waals surface area contributed by atoms with E-state index in [1.165, 1.54) is 0 Å². The monoisotopic (exact) mass is 236 g/mol. The SMILES string of the molecule is CC1=C(C)C(=O)c2cc3ccccc3cc2C1=O. The van der Waals surface area contributed by atoms with Gasteiger partial charge in [0.15, 0.2) is 11.6 Å². The Kier molecular flexibility index (Phi) is 2.20. The second-order valence-electron chi connectivity index (χ2n) is 4.65. The predicted molar refractivity (Wildman–Crippen MR) is 71.0 cm³/mol. The lowest BCUT2D eigenvalue weighted by molar-refractivity contribution is 0.0975. The van der Waals surface area contributed by atoms with E-state index >= 15 is 0 Å². The van der Waals surface area contributed by atoms with Gasteiger partial charge in [0.05, 0.1) is 0 Å². The Morgan fingerprint density at radius 2 is 1.11 bits per heavy atom. The number of hydrogen-bond donors (Lipinski definition) is 0. The highest BCUT2D eigenvalue weighted by Gasteiger charge is 2.27. The van der Waals surface area contributed by atoms with Crippen LogP contribution < -0.4 is 0 Å². The molecule has 0 fully saturated rings. The van der Waals surface area contributed by atoms with Gasteiger partial charge in [0.1, 0.15) is 0 Å². The first-order valence-corrected chi connectivity index (χ1v) is 5.89. The Morgan fingerprint density at radius 3 is 1.50 bits per heavy atom. The number of allylic oxidation sites excluding steroid dienone is 2. The summed E-state index contributed by atoms with van der Waals surface area (Å²) in [6.07, 6.45) is 0. The molecule has 0 atom stereocenters. The van der Waals surface area contributed by atoms with Gasteiger partial charge in [-0.05, 0) is 36.8 Å². The average Bonchev–Trinajstić information content (AvgIpc) is 2.41. The van der Waals surface area contributed by atoms with Crippen LogP contribution in [0.15, 0.2) is 47.5 Å². The van der Waals surface area contributed by atoms with E-state index in [0.717, 1.165) is 10.8 Å². The van der Waals surface area contributed by atoms with Crippen molar-refractivity contribution in [2.45, 2.75) is 13.8 Å². The zero-order valence-electron chi connectivity index (χ0n) is 10.3. The van der Waals surface area contributed by atoms with Gasteiger partial charge < -0.3 is 0 Å². The van der Waals surface area contributed by atoms with Gasteiger partial charge in [-0.3, -0.25) is 9.59 Å². The molecule has 0 saturated heterocycles. The fourth-order valence-electron chi connectivity index (χ4n) is 2.36. The van der Waals surface area contributed by atoms with E-state index in [1.54, 1.807) is 13.8 Å². The standard InChI is InChI=1S/C16H12O2/c1-9-10(2)16(18)14-8-12-6-4-3-5-11(12)7-13(14)15(9)17/h3-8H,1-2H3. The van der Waals surface area contributed by atoms with Crippen LogP contribution in [0.2, 0.25) is 0 Å². The lowest BCUT2D eigenvalue weighted by atomic mass is 9.84. The van der Waals surface area contributed by atoms with Gasteiger partial charge in [-0.1, -0.05) is 24.3 Å². The number of carbonyl (C=O) groups is 2. The van der Waals surface area contributed by atoms with Crippen LogP contribution in [0.25, 0.3) is 10.8 Å². The van der Waals surface area contributed by atoms with Crippen molar-refractivity contribution < 1.29 is 9.59 Å². The minimum absolute atomic E-state index is 0.0344. The molecule has 0 amide bonds. The minimum atomic E-state index is -0.0344. The first kappa shape index (κ1) is 10.9. The third-order valence-electron chi connectivity index (χ3n) is 3.62. The summed E-state index contributed by atoms with van der Waals surface area (Å²) in [6, 6.07) is 11.4. The van der Waals surface area contributed by atoms with Gasteiger partial charge in [0.2, 0.25) is 0 Å². The molecule has 1 aliphatic rings. The van der Waals surface area contributed by atoms with Gasteiger partial charge in [-0.25, -0.2) is 0 Å². The Bertz CT molecular complexity index is 673. The zero-order valence-corrected chi connectivity index (χ0v) is 10.3. The molecule has 88 valence electrons. The Balaban J connectivity index is 2.38. The summed E-state index contributed by atoms with van der Waals surface area (Å²) >= 11 is 0. The molecular formula is C16H12O2. The minimum Gasteiger partial charge on any atom is -0.289 e. The summed E-state index contributed by atoms with van der Waals surface area (Å²) < 4.78 is 0. The van der Waals surface area contributed by atoms with Gasteiger partial charge >= 0.3 is 0 Å². The van der Waals surface area contributed by atoms with Crippen LogP contribution in [-0.4, -0.2) is 11.6 Å². The fraction of sp³-hybridized carbons (Fsp3) is 0.125. The van der Waals surface area contributed by atoms with Crippen LogP contribution in [0, 0.1) is 0 Å². The van der Waals surface area contributed by atoms with E-state index in [4.69, 9.17) is 0 Å². The van der Waals surface area contributed by atoms with Crippen LogP contribution in [0.1, 0.15) is 34.6 Å². The van der Waals surface area contributed by atoms with E-state index in [9.17, 15) is 9.59 Å². The molecule has 18 heavy (non-hydrogen) atoms. The molecule has 0 bridgehead atoms. The topological polar surface area (TPSA) is 34.1 Å². The maximum Gasteiger partial charge on any atom is 0.189 e. The van der Waals surface area contributed by atoms with Crippen LogP contribution in [-0.2, 0) is 0 Å². The van der Waals surface area contributed by atoms with Crippen molar-refractivity contribution in [3.05, 3.63) is 58.7 Å². The van der Waals surface area contributed by atoms with Crippen molar-refractivity contribution >= 4 is 22.3 Å². The Hall–Kier alpha value is -2.22. The summed E-state index contributed by atoms with van der Waals surface area (Å²) in [5.74, 6) is -0.0688. The number of hydrogen-bond acceptors (Lipinski definition) is 2. The van der Waals surface area contributed by atoms with Crippen molar-refractivity contribution in [3.8, 4) is 0 Å². The number of Topliss-reactive ketones (excluding diaryl/α,β-unsaturated/α-hetero) is 2. The Morgan fingerprint density at radius 1 is 0.722 bits per heavy atom. The van der Waals surface area contributed by atoms with Crippen LogP contribution in [0.3, 0.4) is 0 Å². The molecule has 2 heteroatoms. The highest BCUT2D eigenvalue weighted by atomic mass is 16.1. The predicted octanol–water partition coefficient (Wildman–Crippen LogP) is 3.56. The lowest BCUT2D eigenvalue weighted by Crippen LogP contribution is -2.19. The smallest absolute Gasteiger partial charge is 0.189 e. The summed E-state index contributed by atoms with van der Waals surface area (Å²) in [5, 5.41) is 1.98. The zero-order chi connectivity index (χ0) is 12.9. The molecule has 0 N–H and O–H groups in total. The number of benzene rings is 2. The van der Waals surface area contributed by atoms with E-state index < -0.39 is 0 Å². The highest BCUT2D eigenvalue weighted by Crippen LogP contribution is 2.29. The number of carbonyl (C=O) groups excluding carboxylic acids is 2. The summed E-state index contributed by atoms with van der Waals surface area (Å²) in [7, 11) is 0. The molecule has 2 nitrogen and oxygen atoms in total. The summed E-state index contributed by atoms with van der Waals surface area (Å²) in [4.78, 5) is 24.4. The van der Waals surface area contributed by atoms with Gasteiger partial charge in [-0.2, -0.15) is 0 Å². The number of fused-ring (bicyclic) bond motifs is 2. The largest absolute Gasteiger partial charge is 0.289 e. The maximum absolute atomic E-state index is 12.2. The summed E-state index contributed by atoms with van der Waals surface area (Å²) in [6.45, 7) is 3.43. The molecule has 3 rings (SSSR count). The second kappa shape index (κ2) is 3.64. The normalized spacial score (nSPS) is 15.2. The maximum atomic E-state index is 12.2. The van der Waals surface area contributed by atoms with Crippen molar-refractivity contribution in [3.63, 3.8) is 0 Å². The molecule has 0 spiro atoms. The van der Waals surface area contributed by atoms with Crippen molar-refractivity contribution in [2.75, 3.05) is 0 Å².